The number of benzene rings is 2. The largest absolute Gasteiger partial charge is 0.473 e. The molecule has 0 aliphatic rings. The summed E-state index contributed by atoms with van der Waals surface area (Å²) < 4.78 is 11.7. The number of aromatic nitrogens is 1. The van der Waals surface area contributed by atoms with E-state index >= 15 is 0 Å². The van der Waals surface area contributed by atoms with Crippen molar-refractivity contribution in [2.75, 3.05) is 5.75 Å². The predicted molar refractivity (Wildman–Crippen MR) is 103 cm³/mol. The average molecular weight is 351 g/mol. The molecule has 4 heteroatoms. The second-order valence-electron chi connectivity index (χ2n) is 5.51. The van der Waals surface area contributed by atoms with Gasteiger partial charge in [-0.2, -0.15) is 0 Å². The van der Waals surface area contributed by atoms with Crippen LogP contribution in [-0.2, 0) is 0 Å². The molecule has 1 atom stereocenters. The van der Waals surface area contributed by atoms with E-state index in [4.69, 9.17) is 9.47 Å². The van der Waals surface area contributed by atoms with Crippen LogP contribution >= 0.6 is 11.8 Å². The fourth-order valence-electron chi connectivity index (χ4n) is 2.24. The molecule has 0 aliphatic heterocycles. The van der Waals surface area contributed by atoms with Gasteiger partial charge in [-0.25, -0.2) is 4.98 Å². The first-order chi connectivity index (χ1) is 12.3. The van der Waals surface area contributed by atoms with E-state index in [9.17, 15) is 0 Å². The van der Waals surface area contributed by atoms with Gasteiger partial charge in [0.05, 0.1) is 0 Å². The molecule has 25 heavy (non-hydrogen) atoms. The lowest BCUT2D eigenvalue weighted by Gasteiger charge is -2.16. The number of ether oxygens (including phenoxy) is 2. The minimum Gasteiger partial charge on any atom is -0.473 e. The van der Waals surface area contributed by atoms with Gasteiger partial charge in [-0.3, -0.25) is 0 Å². The van der Waals surface area contributed by atoms with Gasteiger partial charge in [0.2, 0.25) is 5.88 Å². The van der Waals surface area contributed by atoms with Crippen molar-refractivity contribution in [1.82, 2.24) is 4.98 Å². The Bertz CT molecular complexity index is 748. The minimum atomic E-state index is 0.139. The lowest BCUT2D eigenvalue weighted by Crippen LogP contribution is -2.18. The van der Waals surface area contributed by atoms with Crippen LogP contribution in [0, 0.1) is 0 Å². The molecule has 2 aromatic carbocycles. The maximum atomic E-state index is 5.93. The molecule has 0 saturated carbocycles. The van der Waals surface area contributed by atoms with E-state index in [0.717, 1.165) is 23.7 Å². The number of para-hydroxylation sites is 1. The zero-order valence-corrected chi connectivity index (χ0v) is 15.0. The summed E-state index contributed by atoms with van der Waals surface area (Å²) >= 11 is 1.78. The molecule has 0 saturated heterocycles. The molecular formula is C21H21NO2S. The number of pyridine rings is 1. The zero-order valence-electron chi connectivity index (χ0n) is 14.2. The third-order valence-electron chi connectivity index (χ3n) is 3.62. The SMILES string of the molecule is CCC(CSc1ccc(Oc2ccccc2)cc1)Oc1ccccn1. The summed E-state index contributed by atoms with van der Waals surface area (Å²) in [6.07, 6.45) is 2.83. The van der Waals surface area contributed by atoms with Crippen molar-refractivity contribution in [1.29, 1.82) is 0 Å². The van der Waals surface area contributed by atoms with Crippen LogP contribution in [0.2, 0.25) is 0 Å². The number of hydrogen-bond donors (Lipinski definition) is 0. The maximum absolute atomic E-state index is 5.93. The molecule has 1 heterocycles. The van der Waals surface area contributed by atoms with E-state index in [1.807, 2.05) is 60.7 Å². The standard InChI is InChI=1S/C21H21NO2S/c1-2-17(24-21-10-6-7-15-22-21)16-25-20-13-11-19(12-14-20)23-18-8-4-3-5-9-18/h3-15,17H,2,16H2,1H3. The molecule has 3 nitrogen and oxygen atoms in total. The fraction of sp³-hybridized carbons (Fsp3) is 0.190. The van der Waals surface area contributed by atoms with Crippen molar-refractivity contribution < 1.29 is 9.47 Å². The van der Waals surface area contributed by atoms with Gasteiger partial charge < -0.3 is 9.47 Å². The quantitative estimate of drug-likeness (QED) is 0.478. The van der Waals surface area contributed by atoms with Crippen molar-refractivity contribution in [3.63, 3.8) is 0 Å². The normalized spacial score (nSPS) is 11.7. The molecule has 1 aromatic heterocycles. The number of nitrogens with zero attached hydrogens (tertiary/aromatic N) is 1. The summed E-state index contributed by atoms with van der Waals surface area (Å²) in [5, 5.41) is 0. The van der Waals surface area contributed by atoms with Crippen molar-refractivity contribution in [2.24, 2.45) is 0 Å². The predicted octanol–water partition coefficient (Wildman–Crippen LogP) is 5.82. The molecule has 0 aliphatic carbocycles. The smallest absolute Gasteiger partial charge is 0.213 e. The molecule has 0 amide bonds. The van der Waals surface area contributed by atoms with Gasteiger partial charge >= 0.3 is 0 Å². The Morgan fingerprint density at radius 1 is 0.880 bits per heavy atom. The van der Waals surface area contributed by atoms with Gasteiger partial charge in [-0.1, -0.05) is 31.2 Å². The molecule has 3 rings (SSSR count). The lowest BCUT2D eigenvalue weighted by atomic mass is 10.3. The Morgan fingerprint density at radius 3 is 2.28 bits per heavy atom. The van der Waals surface area contributed by atoms with Crippen LogP contribution in [-0.4, -0.2) is 16.8 Å². The van der Waals surface area contributed by atoms with Crippen LogP contribution in [0.25, 0.3) is 0 Å². The molecule has 0 radical (unpaired) electrons. The highest BCUT2D eigenvalue weighted by Crippen LogP contribution is 2.26. The van der Waals surface area contributed by atoms with E-state index in [1.54, 1.807) is 18.0 Å². The highest BCUT2D eigenvalue weighted by molar-refractivity contribution is 7.99. The van der Waals surface area contributed by atoms with E-state index in [0.29, 0.717) is 5.88 Å². The fourth-order valence-corrected chi connectivity index (χ4v) is 3.25. The van der Waals surface area contributed by atoms with Gasteiger partial charge in [0, 0.05) is 22.9 Å². The van der Waals surface area contributed by atoms with Crippen LogP contribution in [0.1, 0.15) is 13.3 Å². The van der Waals surface area contributed by atoms with Crippen LogP contribution in [0.4, 0.5) is 0 Å². The molecule has 0 bridgehead atoms. The Balaban J connectivity index is 1.52. The zero-order chi connectivity index (χ0) is 17.3. The molecule has 0 N–H and O–H groups in total. The van der Waals surface area contributed by atoms with E-state index < -0.39 is 0 Å². The third-order valence-corrected chi connectivity index (χ3v) is 4.76. The van der Waals surface area contributed by atoms with Crippen molar-refractivity contribution in [3.05, 3.63) is 79.0 Å². The van der Waals surface area contributed by atoms with Gasteiger partial charge in [0.25, 0.3) is 0 Å². The first-order valence-corrected chi connectivity index (χ1v) is 9.35. The summed E-state index contributed by atoms with van der Waals surface area (Å²) in [5.74, 6) is 3.25. The summed E-state index contributed by atoms with van der Waals surface area (Å²) in [7, 11) is 0. The van der Waals surface area contributed by atoms with Gasteiger partial charge in [-0.15, -0.1) is 11.8 Å². The first-order valence-electron chi connectivity index (χ1n) is 8.37. The van der Waals surface area contributed by atoms with E-state index in [1.165, 1.54) is 4.90 Å². The highest BCUT2D eigenvalue weighted by atomic mass is 32.2. The second kappa shape index (κ2) is 9.14. The third kappa shape index (κ3) is 5.54. The highest BCUT2D eigenvalue weighted by Gasteiger charge is 2.10. The molecule has 3 aromatic rings. The topological polar surface area (TPSA) is 31.4 Å². The van der Waals surface area contributed by atoms with Crippen molar-refractivity contribution >= 4 is 11.8 Å². The average Bonchev–Trinajstić information content (AvgIpc) is 2.68. The molecule has 0 fully saturated rings. The summed E-state index contributed by atoms with van der Waals surface area (Å²) in [6.45, 7) is 2.13. The van der Waals surface area contributed by atoms with Gasteiger partial charge in [0.15, 0.2) is 0 Å². The lowest BCUT2D eigenvalue weighted by molar-refractivity contribution is 0.213. The monoisotopic (exact) mass is 351 g/mol. The Kier molecular flexibility index (Phi) is 6.35. The Morgan fingerprint density at radius 2 is 1.60 bits per heavy atom. The van der Waals surface area contributed by atoms with Crippen LogP contribution in [0.3, 0.4) is 0 Å². The van der Waals surface area contributed by atoms with Crippen molar-refractivity contribution in [3.8, 4) is 17.4 Å². The van der Waals surface area contributed by atoms with E-state index in [2.05, 4.69) is 24.0 Å². The molecular weight excluding hydrogens is 330 g/mol. The minimum absolute atomic E-state index is 0.139. The Labute approximate surface area is 153 Å². The number of thioether (sulfide) groups is 1. The molecule has 0 spiro atoms. The van der Waals surface area contributed by atoms with Crippen LogP contribution in [0.15, 0.2) is 83.9 Å². The molecule has 128 valence electrons. The van der Waals surface area contributed by atoms with Crippen molar-refractivity contribution in [2.45, 2.75) is 24.3 Å². The summed E-state index contributed by atoms with van der Waals surface area (Å²) in [5.41, 5.74) is 0. The molecule has 1 unspecified atom stereocenters. The second-order valence-corrected chi connectivity index (χ2v) is 6.61. The van der Waals surface area contributed by atoms with E-state index in [-0.39, 0.29) is 6.10 Å². The maximum Gasteiger partial charge on any atom is 0.213 e. The van der Waals surface area contributed by atoms with Crippen LogP contribution in [0.5, 0.6) is 17.4 Å². The van der Waals surface area contributed by atoms with Gasteiger partial charge in [-0.05, 0) is 48.9 Å². The van der Waals surface area contributed by atoms with Gasteiger partial charge in [0.1, 0.15) is 17.6 Å². The number of rotatable bonds is 8. The number of hydrogen-bond acceptors (Lipinski definition) is 4. The summed E-state index contributed by atoms with van der Waals surface area (Å²) in [6, 6.07) is 23.7. The van der Waals surface area contributed by atoms with Crippen LogP contribution < -0.4 is 9.47 Å². The first kappa shape index (κ1) is 17.4. The summed E-state index contributed by atoms with van der Waals surface area (Å²) in [4.78, 5) is 5.42. The Hall–Kier alpha value is -2.46.